The third-order valence-electron chi connectivity index (χ3n) is 5.11. The molecule has 6 heteroatoms. The van der Waals surface area contributed by atoms with Gasteiger partial charge in [0.1, 0.15) is 17.1 Å². The van der Waals surface area contributed by atoms with Crippen LogP contribution in [0.3, 0.4) is 0 Å². The van der Waals surface area contributed by atoms with Crippen molar-refractivity contribution in [2.75, 3.05) is 5.32 Å². The Kier molecular flexibility index (Phi) is 5.14. The third kappa shape index (κ3) is 4.03. The molecule has 0 aliphatic rings. The van der Waals surface area contributed by atoms with Crippen LogP contribution in [0.1, 0.15) is 63.0 Å². The SMILES string of the molecule is CC(C)(C)c1cc(C(C)(C)C)c(NC(=O)c2c[nH]c3ccc(O)cc3c2=O)cc1O. The summed E-state index contributed by atoms with van der Waals surface area (Å²) in [6.07, 6.45) is 1.36. The minimum Gasteiger partial charge on any atom is -0.508 e. The summed E-state index contributed by atoms with van der Waals surface area (Å²) in [7, 11) is 0. The van der Waals surface area contributed by atoms with E-state index in [0.29, 0.717) is 11.2 Å². The molecule has 158 valence electrons. The normalized spacial score (nSPS) is 12.2. The van der Waals surface area contributed by atoms with E-state index in [2.05, 4.69) is 10.3 Å². The summed E-state index contributed by atoms with van der Waals surface area (Å²) in [6, 6.07) is 7.82. The van der Waals surface area contributed by atoms with Gasteiger partial charge in [-0.25, -0.2) is 0 Å². The van der Waals surface area contributed by atoms with Crippen molar-refractivity contribution in [3.8, 4) is 11.5 Å². The molecule has 6 nitrogen and oxygen atoms in total. The van der Waals surface area contributed by atoms with Crippen molar-refractivity contribution in [3.63, 3.8) is 0 Å². The number of aromatic amines is 1. The van der Waals surface area contributed by atoms with Gasteiger partial charge in [0, 0.05) is 28.9 Å². The lowest BCUT2D eigenvalue weighted by Crippen LogP contribution is -2.25. The first-order chi connectivity index (χ1) is 13.8. The number of pyridine rings is 1. The number of anilines is 1. The second kappa shape index (κ2) is 7.20. The van der Waals surface area contributed by atoms with Crippen molar-refractivity contribution >= 4 is 22.5 Å². The van der Waals surface area contributed by atoms with E-state index >= 15 is 0 Å². The van der Waals surface area contributed by atoms with Gasteiger partial charge in [-0.1, -0.05) is 41.5 Å². The number of H-pyrrole nitrogens is 1. The van der Waals surface area contributed by atoms with E-state index in [0.717, 1.165) is 11.1 Å². The molecular weight excluding hydrogens is 380 g/mol. The van der Waals surface area contributed by atoms with Gasteiger partial charge in [0.15, 0.2) is 0 Å². The Bertz CT molecular complexity index is 1190. The molecule has 0 aliphatic carbocycles. The maximum absolute atomic E-state index is 13.0. The molecule has 0 bridgehead atoms. The van der Waals surface area contributed by atoms with Gasteiger partial charge >= 0.3 is 0 Å². The topological polar surface area (TPSA) is 102 Å². The number of rotatable bonds is 2. The number of carbonyl (C=O) groups is 1. The molecule has 1 aromatic heterocycles. The first-order valence-corrected chi connectivity index (χ1v) is 9.83. The van der Waals surface area contributed by atoms with Crippen LogP contribution in [0, 0.1) is 0 Å². The van der Waals surface area contributed by atoms with Crippen molar-refractivity contribution in [3.05, 3.63) is 63.4 Å². The Morgan fingerprint density at radius 2 is 1.57 bits per heavy atom. The number of hydrogen-bond donors (Lipinski definition) is 4. The zero-order valence-corrected chi connectivity index (χ0v) is 18.2. The summed E-state index contributed by atoms with van der Waals surface area (Å²) in [5.41, 5.74) is 1.47. The molecule has 0 unspecified atom stereocenters. The number of aromatic nitrogens is 1. The average Bonchev–Trinajstić information content (AvgIpc) is 2.60. The fraction of sp³-hybridized carbons (Fsp3) is 0.333. The van der Waals surface area contributed by atoms with E-state index in [4.69, 9.17) is 0 Å². The third-order valence-corrected chi connectivity index (χ3v) is 5.11. The molecular formula is C24H28N2O4. The highest BCUT2D eigenvalue weighted by Crippen LogP contribution is 2.39. The van der Waals surface area contributed by atoms with E-state index in [-0.39, 0.29) is 33.3 Å². The zero-order chi connectivity index (χ0) is 22.4. The smallest absolute Gasteiger partial charge is 0.261 e. The number of aromatic hydroxyl groups is 2. The van der Waals surface area contributed by atoms with Crippen molar-refractivity contribution in [2.45, 2.75) is 52.4 Å². The van der Waals surface area contributed by atoms with Crippen LogP contribution in [0.15, 0.2) is 41.3 Å². The number of phenolic OH excluding ortho intramolecular Hbond substituents is 2. The highest BCUT2D eigenvalue weighted by Gasteiger charge is 2.26. The molecule has 2 aromatic carbocycles. The molecule has 4 N–H and O–H groups in total. The summed E-state index contributed by atoms with van der Waals surface area (Å²) in [5, 5.41) is 23.3. The molecule has 3 rings (SSSR count). The number of benzene rings is 2. The molecule has 0 spiro atoms. The van der Waals surface area contributed by atoms with Crippen molar-refractivity contribution in [1.29, 1.82) is 0 Å². The largest absolute Gasteiger partial charge is 0.508 e. The monoisotopic (exact) mass is 408 g/mol. The van der Waals surface area contributed by atoms with Gasteiger partial charge in [-0.15, -0.1) is 0 Å². The predicted octanol–water partition coefficient (Wildman–Crippen LogP) is 4.79. The van der Waals surface area contributed by atoms with E-state index in [1.165, 1.54) is 18.3 Å². The summed E-state index contributed by atoms with van der Waals surface area (Å²) >= 11 is 0. The van der Waals surface area contributed by atoms with Crippen LogP contribution in [0.25, 0.3) is 10.9 Å². The van der Waals surface area contributed by atoms with E-state index in [9.17, 15) is 19.8 Å². The number of carbonyl (C=O) groups excluding carboxylic acids is 1. The summed E-state index contributed by atoms with van der Waals surface area (Å²) < 4.78 is 0. The lowest BCUT2D eigenvalue weighted by Gasteiger charge is -2.28. The standard InChI is InChI=1S/C24H28N2O4/c1-23(2,3)16-10-17(24(4,5)6)20(28)11-19(16)26-22(30)15-12-25-18-8-7-13(27)9-14(18)21(15)29/h7-12,27-28H,1-6H3,(H,25,29)(H,26,30). The number of phenols is 2. The number of hydrogen-bond acceptors (Lipinski definition) is 4. The van der Waals surface area contributed by atoms with Gasteiger partial charge in [-0.3, -0.25) is 9.59 Å². The Morgan fingerprint density at radius 1 is 0.933 bits per heavy atom. The molecule has 0 radical (unpaired) electrons. The van der Waals surface area contributed by atoms with Gasteiger partial charge in [0.25, 0.3) is 5.91 Å². The lowest BCUT2D eigenvalue weighted by molar-refractivity contribution is 0.102. The summed E-state index contributed by atoms with van der Waals surface area (Å²) in [5.74, 6) is -0.554. The van der Waals surface area contributed by atoms with Gasteiger partial charge in [0.2, 0.25) is 5.43 Å². The first kappa shape index (κ1) is 21.4. The Labute approximate surface area is 175 Å². The van der Waals surface area contributed by atoms with Crippen LogP contribution in [0.4, 0.5) is 5.69 Å². The van der Waals surface area contributed by atoms with Crippen LogP contribution in [-0.4, -0.2) is 21.1 Å². The molecule has 30 heavy (non-hydrogen) atoms. The first-order valence-electron chi connectivity index (χ1n) is 9.83. The Balaban J connectivity index is 2.09. The van der Waals surface area contributed by atoms with Crippen molar-refractivity contribution < 1.29 is 15.0 Å². The van der Waals surface area contributed by atoms with Crippen molar-refractivity contribution in [1.82, 2.24) is 4.98 Å². The molecule has 0 fully saturated rings. The maximum atomic E-state index is 13.0. The van der Waals surface area contributed by atoms with Gasteiger partial charge < -0.3 is 20.5 Å². The van der Waals surface area contributed by atoms with Crippen LogP contribution in [0.2, 0.25) is 0 Å². The van der Waals surface area contributed by atoms with Gasteiger partial charge in [0.05, 0.1) is 0 Å². The molecule has 0 saturated carbocycles. The molecule has 3 aromatic rings. The van der Waals surface area contributed by atoms with Gasteiger partial charge in [-0.2, -0.15) is 0 Å². The Hall–Kier alpha value is -3.28. The highest BCUT2D eigenvalue weighted by atomic mass is 16.3. The van der Waals surface area contributed by atoms with Crippen LogP contribution >= 0.6 is 0 Å². The molecule has 0 aliphatic heterocycles. The number of nitrogens with one attached hydrogen (secondary N) is 2. The molecule has 1 heterocycles. The van der Waals surface area contributed by atoms with Crippen LogP contribution in [-0.2, 0) is 10.8 Å². The second-order valence-corrected chi connectivity index (χ2v) is 9.63. The average molecular weight is 408 g/mol. The van der Waals surface area contributed by atoms with E-state index in [1.54, 1.807) is 12.1 Å². The van der Waals surface area contributed by atoms with Gasteiger partial charge in [-0.05, 0) is 46.2 Å². The highest BCUT2D eigenvalue weighted by molar-refractivity contribution is 6.06. The minimum absolute atomic E-state index is 0.0525. The minimum atomic E-state index is -0.588. The molecule has 0 saturated heterocycles. The molecule has 1 amide bonds. The van der Waals surface area contributed by atoms with Crippen molar-refractivity contribution in [2.24, 2.45) is 0 Å². The van der Waals surface area contributed by atoms with Crippen LogP contribution < -0.4 is 10.7 Å². The summed E-state index contributed by atoms with van der Waals surface area (Å²) in [6.45, 7) is 12.1. The summed E-state index contributed by atoms with van der Waals surface area (Å²) in [4.78, 5) is 28.7. The van der Waals surface area contributed by atoms with E-state index in [1.807, 2.05) is 47.6 Å². The van der Waals surface area contributed by atoms with E-state index < -0.39 is 11.3 Å². The quantitative estimate of drug-likeness (QED) is 0.490. The predicted molar refractivity (Wildman–Crippen MR) is 120 cm³/mol. The molecule has 0 atom stereocenters. The number of amides is 1. The van der Waals surface area contributed by atoms with Crippen LogP contribution in [0.5, 0.6) is 11.5 Å². The fourth-order valence-corrected chi connectivity index (χ4v) is 3.48. The second-order valence-electron chi connectivity index (χ2n) is 9.63. The Morgan fingerprint density at radius 3 is 2.17 bits per heavy atom. The lowest BCUT2D eigenvalue weighted by atomic mass is 9.79. The number of fused-ring (bicyclic) bond motifs is 1. The maximum Gasteiger partial charge on any atom is 0.261 e. The fourth-order valence-electron chi connectivity index (χ4n) is 3.48. The zero-order valence-electron chi connectivity index (χ0n) is 18.2.